The number of hydrogen-bond donors (Lipinski definition) is 2. The van der Waals surface area contributed by atoms with Crippen molar-refractivity contribution in [2.75, 3.05) is 11.9 Å². The largest absolute Gasteiger partial charge is 0.488 e. The van der Waals surface area contributed by atoms with Crippen LogP contribution in [0.25, 0.3) is 0 Å². The minimum atomic E-state index is -3.94. The van der Waals surface area contributed by atoms with E-state index < -0.39 is 27.8 Å². The molecule has 28 heavy (non-hydrogen) atoms. The van der Waals surface area contributed by atoms with Crippen LogP contribution in [0.5, 0.6) is 5.75 Å². The van der Waals surface area contributed by atoms with Gasteiger partial charge in [0.1, 0.15) is 23.4 Å². The number of ether oxygens (including phenoxy) is 1. The van der Waals surface area contributed by atoms with Gasteiger partial charge >= 0.3 is 0 Å². The van der Waals surface area contributed by atoms with Gasteiger partial charge in [0.25, 0.3) is 5.91 Å². The molecule has 0 saturated carbocycles. The Labute approximate surface area is 161 Å². The van der Waals surface area contributed by atoms with E-state index in [0.29, 0.717) is 0 Å². The van der Waals surface area contributed by atoms with Gasteiger partial charge in [0.2, 0.25) is 10.0 Å². The number of aryl methyl sites for hydroxylation is 1. The first-order valence-corrected chi connectivity index (χ1v) is 9.54. The zero-order valence-electron chi connectivity index (χ0n) is 14.7. The highest BCUT2D eigenvalue weighted by Crippen LogP contribution is 2.33. The Kier molecular flexibility index (Phi) is 5.10. The highest BCUT2D eigenvalue weighted by Gasteiger charge is 2.34. The fourth-order valence-corrected chi connectivity index (χ4v) is 4.21. The minimum absolute atomic E-state index is 0.0374. The number of carbonyl (C=O) groups is 1. The molecule has 1 amide bonds. The number of aromatic nitrogens is 1. The van der Waals surface area contributed by atoms with E-state index in [2.05, 4.69) is 16.0 Å². The molecule has 10 heteroatoms. The van der Waals surface area contributed by atoms with Crippen LogP contribution in [0.3, 0.4) is 0 Å². The molecule has 1 aliphatic rings. The molecule has 1 unspecified atom stereocenters. The van der Waals surface area contributed by atoms with Crippen LogP contribution in [0.4, 0.5) is 10.1 Å². The lowest BCUT2D eigenvalue weighted by Crippen LogP contribution is -2.36. The van der Waals surface area contributed by atoms with Crippen LogP contribution < -0.4 is 14.8 Å². The molecule has 144 valence electrons. The van der Waals surface area contributed by atoms with Crippen molar-refractivity contribution in [2.45, 2.75) is 17.4 Å². The van der Waals surface area contributed by atoms with Crippen LogP contribution in [0.2, 0.25) is 0 Å². The average molecular weight is 402 g/mol. The van der Waals surface area contributed by atoms with Crippen LogP contribution in [0.15, 0.2) is 29.3 Å². The fraction of sp³-hybridized carbons (Fsp3) is 0.222. The van der Waals surface area contributed by atoms with Crippen molar-refractivity contribution in [1.82, 2.24) is 9.29 Å². The molecule has 1 aromatic heterocycles. The van der Waals surface area contributed by atoms with Gasteiger partial charge in [-0.15, -0.1) is 12.3 Å². The summed E-state index contributed by atoms with van der Waals surface area (Å²) in [5.74, 6) is 0.877. The van der Waals surface area contributed by atoms with Gasteiger partial charge in [0, 0.05) is 25.4 Å². The molecule has 8 nitrogen and oxygen atoms in total. The first-order chi connectivity index (χ1) is 13.3. The SMILES string of the molecule is C#CCC1COc2c(cn(C)c2C(=O)Nc2ccc(F)c(C#N)c2)S(=O)(=O)N1. The summed E-state index contributed by atoms with van der Waals surface area (Å²) in [6.07, 6.45) is 6.63. The Bertz CT molecular complexity index is 1140. The maximum atomic E-state index is 13.5. The number of amides is 1. The molecule has 1 atom stereocenters. The Balaban J connectivity index is 1.97. The second-order valence-corrected chi connectivity index (χ2v) is 7.76. The molecule has 2 aromatic rings. The number of nitrogens with zero attached hydrogens (tertiary/aromatic N) is 2. The van der Waals surface area contributed by atoms with E-state index in [0.717, 1.165) is 6.07 Å². The van der Waals surface area contributed by atoms with Crippen LogP contribution in [0, 0.1) is 29.5 Å². The second kappa shape index (κ2) is 7.35. The normalized spacial score (nSPS) is 17.4. The molecular formula is C18H15FN4O4S. The summed E-state index contributed by atoms with van der Waals surface area (Å²) in [6, 6.07) is 4.57. The summed E-state index contributed by atoms with van der Waals surface area (Å²) in [7, 11) is -2.45. The highest BCUT2D eigenvalue weighted by molar-refractivity contribution is 7.89. The first kappa shape index (κ1) is 19.4. The zero-order valence-corrected chi connectivity index (χ0v) is 15.5. The van der Waals surface area contributed by atoms with E-state index in [9.17, 15) is 17.6 Å². The highest BCUT2D eigenvalue weighted by atomic mass is 32.2. The Hall–Kier alpha value is -3.34. The monoisotopic (exact) mass is 402 g/mol. The summed E-state index contributed by atoms with van der Waals surface area (Å²) in [5.41, 5.74) is -0.0917. The maximum Gasteiger partial charge on any atom is 0.276 e. The molecule has 0 radical (unpaired) electrons. The van der Waals surface area contributed by atoms with E-state index in [-0.39, 0.29) is 40.6 Å². The maximum absolute atomic E-state index is 13.5. The number of rotatable bonds is 3. The molecule has 0 fully saturated rings. The van der Waals surface area contributed by atoms with Gasteiger partial charge in [-0.3, -0.25) is 4.79 Å². The van der Waals surface area contributed by atoms with Gasteiger partial charge in [0.15, 0.2) is 11.4 Å². The number of nitriles is 1. The Morgan fingerprint density at radius 2 is 2.29 bits per heavy atom. The summed E-state index contributed by atoms with van der Waals surface area (Å²) < 4.78 is 47.9. The van der Waals surface area contributed by atoms with Crippen molar-refractivity contribution < 1.29 is 22.3 Å². The van der Waals surface area contributed by atoms with Crippen molar-refractivity contribution in [3.05, 3.63) is 41.5 Å². The summed E-state index contributed by atoms with van der Waals surface area (Å²) in [4.78, 5) is 12.6. The Morgan fingerprint density at radius 1 is 1.54 bits per heavy atom. The third-order valence-corrected chi connectivity index (χ3v) is 5.58. The topological polar surface area (TPSA) is 113 Å². The molecule has 0 aliphatic carbocycles. The Morgan fingerprint density at radius 3 is 2.96 bits per heavy atom. The molecular weight excluding hydrogens is 387 g/mol. The molecule has 2 heterocycles. The fourth-order valence-electron chi connectivity index (χ4n) is 2.79. The number of fused-ring (bicyclic) bond motifs is 1. The minimum Gasteiger partial charge on any atom is -0.488 e. The van der Waals surface area contributed by atoms with Crippen molar-refractivity contribution in [2.24, 2.45) is 7.05 Å². The predicted molar refractivity (Wildman–Crippen MR) is 97.5 cm³/mol. The number of halogens is 1. The van der Waals surface area contributed by atoms with Gasteiger partial charge < -0.3 is 14.6 Å². The molecule has 0 spiro atoms. The van der Waals surface area contributed by atoms with Gasteiger partial charge in [0.05, 0.1) is 11.6 Å². The number of nitrogens with one attached hydrogen (secondary N) is 2. The number of carbonyl (C=O) groups excluding carboxylic acids is 1. The first-order valence-electron chi connectivity index (χ1n) is 8.05. The van der Waals surface area contributed by atoms with Crippen molar-refractivity contribution >= 4 is 21.6 Å². The standard InChI is InChI=1S/C18H15FN4O4S/c1-3-4-13-10-27-17-15(28(25,26)22-13)9-23(2)16(17)18(24)21-12-5-6-14(19)11(7-12)8-20/h1,5-7,9,13,22H,4,10H2,2H3,(H,21,24). The molecule has 3 rings (SSSR count). The quantitative estimate of drug-likeness (QED) is 0.753. The smallest absolute Gasteiger partial charge is 0.276 e. The summed E-state index contributed by atoms with van der Waals surface area (Å²) in [5, 5.41) is 11.4. The summed E-state index contributed by atoms with van der Waals surface area (Å²) in [6.45, 7) is -0.0458. The molecule has 0 saturated heterocycles. The average Bonchev–Trinajstić information content (AvgIpc) is 2.92. The molecule has 0 bridgehead atoms. The summed E-state index contributed by atoms with van der Waals surface area (Å²) >= 11 is 0. The molecule has 2 N–H and O–H groups in total. The number of benzene rings is 1. The van der Waals surface area contributed by atoms with Crippen molar-refractivity contribution in [3.63, 3.8) is 0 Å². The van der Waals surface area contributed by atoms with Crippen molar-refractivity contribution in [1.29, 1.82) is 5.26 Å². The van der Waals surface area contributed by atoms with E-state index >= 15 is 0 Å². The third kappa shape index (κ3) is 3.56. The van der Waals surface area contributed by atoms with E-state index in [4.69, 9.17) is 16.4 Å². The number of terminal acetylenes is 1. The van der Waals surface area contributed by atoms with Crippen LogP contribution >= 0.6 is 0 Å². The number of sulfonamides is 1. The van der Waals surface area contributed by atoms with Gasteiger partial charge in [-0.2, -0.15) is 5.26 Å². The van der Waals surface area contributed by atoms with Crippen molar-refractivity contribution in [3.8, 4) is 24.2 Å². The third-order valence-electron chi connectivity index (χ3n) is 4.07. The van der Waals surface area contributed by atoms with Gasteiger partial charge in [-0.1, -0.05) is 0 Å². The van der Waals surface area contributed by atoms with Gasteiger partial charge in [-0.05, 0) is 18.2 Å². The van der Waals surface area contributed by atoms with Gasteiger partial charge in [-0.25, -0.2) is 17.5 Å². The predicted octanol–water partition coefficient (Wildman–Crippen LogP) is 1.35. The van der Waals surface area contributed by atoms with E-state index in [1.54, 1.807) is 6.07 Å². The van der Waals surface area contributed by atoms with E-state index in [1.807, 2.05) is 0 Å². The van der Waals surface area contributed by atoms with E-state index in [1.165, 1.54) is 29.9 Å². The second-order valence-electron chi connectivity index (χ2n) is 6.08. The number of hydrogen-bond acceptors (Lipinski definition) is 5. The zero-order chi connectivity index (χ0) is 20.5. The lowest BCUT2D eigenvalue weighted by molar-refractivity contribution is 0.101. The van der Waals surface area contributed by atoms with Crippen LogP contribution in [-0.2, 0) is 17.1 Å². The molecule has 1 aliphatic heterocycles. The van der Waals surface area contributed by atoms with Crippen LogP contribution in [-0.4, -0.2) is 31.5 Å². The number of anilines is 1. The lowest BCUT2D eigenvalue weighted by atomic mass is 10.2. The lowest BCUT2D eigenvalue weighted by Gasteiger charge is -2.13. The van der Waals surface area contributed by atoms with Crippen LogP contribution in [0.1, 0.15) is 22.5 Å². The molecule has 1 aromatic carbocycles.